The Hall–Kier alpha value is -2.23. The number of oxime groups is 1. The molecule has 0 aromatic heterocycles. The van der Waals surface area contributed by atoms with Crippen LogP contribution in [0.25, 0.3) is 0 Å². The Bertz CT molecular complexity index is 597. The van der Waals surface area contributed by atoms with Crippen molar-refractivity contribution in [3.05, 3.63) is 70.8 Å². The smallest absolute Gasteiger partial charge is 0.264 e. The van der Waals surface area contributed by atoms with E-state index >= 15 is 0 Å². The molecule has 20 heavy (non-hydrogen) atoms. The van der Waals surface area contributed by atoms with Crippen LogP contribution in [0.2, 0.25) is 0 Å². The van der Waals surface area contributed by atoms with Gasteiger partial charge < -0.3 is 4.84 Å². The zero-order chi connectivity index (χ0) is 14.4. The summed E-state index contributed by atoms with van der Waals surface area (Å²) in [6, 6.07) is 14.0. The minimum absolute atomic E-state index is 0.0456. The number of hydrogen-bond donors (Lipinski definition) is 0. The quantitative estimate of drug-likeness (QED) is 0.582. The van der Waals surface area contributed by atoms with Gasteiger partial charge in [-0.15, -0.1) is 0 Å². The molecule has 2 rings (SSSR count). The summed E-state index contributed by atoms with van der Waals surface area (Å²) in [7, 11) is 0. The highest BCUT2D eigenvalue weighted by Crippen LogP contribution is 2.21. The van der Waals surface area contributed by atoms with E-state index in [1.807, 2.05) is 31.2 Å². The molecule has 0 bridgehead atoms. The van der Waals surface area contributed by atoms with Crippen molar-refractivity contribution < 1.29 is 13.6 Å². The first-order valence-corrected chi connectivity index (χ1v) is 6.25. The monoisotopic (exact) mass is 275 g/mol. The van der Waals surface area contributed by atoms with E-state index in [1.54, 1.807) is 18.2 Å². The molecule has 0 fully saturated rings. The first kappa shape index (κ1) is 14.2. The van der Waals surface area contributed by atoms with E-state index in [4.69, 9.17) is 4.84 Å². The Morgan fingerprint density at radius 2 is 1.80 bits per heavy atom. The number of rotatable bonds is 5. The van der Waals surface area contributed by atoms with Gasteiger partial charge in [-0.1, -0.05) is 53.7 Å². The van der Waals surface area contributed by atoms with Gasteiger partial charge in [-0.2, -0.15) is 0 Å². The zero-order valence-corrected chi connectivity index (χ0v) is 11.1. The minimum Gasteiger partial charge on any atom is -0.391 e. The molecule has 0 unspecified atom stereocenters. The number of aryl methyl sites for hydroxylation is 1. The summed E-state index contributed by atoms with van der Waals surface area (Å²) in [5, 5.41) is 3.76. The van der Waals surface area contributed by atoms with E-state index < -0.39 is 6.43 Å². The number of halogens is 2. The molecule has 0 spiro atoms. The lowest BCUT2D eigenvalue weighted by Gasteiger charge is -2.05. The maximum atomic E-state index is 12.8. The second-order valence-corrected chi connectivity index (χ2v) is 4.36. The normalized spacial score (nSPS) is 11.2. The van der Waals surface area contributed by atoms with Crippen LogP contribution in [0.5, 0.6) is 0 Å². The van der Waals surface area contributed by atoms with Gasteiger partial charge in [-0.25, -0.2) is 8.78 Å². The van der Waals surface area contributed by atoms with Crippen molar-refractivity contribution in [3.8, 4) is 0 Å². The molecule has 0 amide bonds. The third-order valence-electron chi connectivity index (χ3n) is 2.98. The third kappa shape index (κ3) is 3.63. The first-order chi connectivity index (χ1) is 9.68. The highest BCUT2D eigenvalue weighted by atomic mass is 19.3. The van der Waals surface area contributed by atoms with Gasteiger partial charge >= 0.3 is 0 Å². The Morgan fingerprint density at radius 1 is 1.10 bits per heavy atom. The predicted octanol–water partition coefficient (Wildman–Crippen LogP) is 4.48. The van der Waals surface area contributed by atoms with Gasteiger partial charge in [0.05, 0.1) is 6.21 Å². The lowest BCUT2D eigenvalue weighted by molar-refractivity contribution is 0.131. The van der Waals surface area contributed by atoms with E-state index in [1.165, 1.54) is 12.3 Å². The molecule has 2 nitrogen and oxygen atoms in total. The molecule has 0 heterocycles. The molecular formula is C16H15F2NO. The minimum atomic E-state index is -2.52. The van der Waals surface area contributed by atoms with Gasteiger partial charge in [0.2, 0.25) is 0 Å². The summed E-state index contributed by atoms with van der Waals surface area (Å²) in [4.78, 5) is 5.16. The topological polar surface area (TPSA) is 21.6 Å². The summed E-state index contributed by atoms with van der Waals surface area (Å²) in [5.74, 6) is 0. The SMILES string of the molecule is Cc1ccccc1CON=Cc1ccccc1C(F)F. The molecule has 0 N–H and O–H groups in total. The van der Waals surface area contributed by atoms with Crippen LogP contribution >= 0.6 is 0 Å². The van der Waals surface area contributed by atoms with Crippen molar-refractivity contribution in [2.45, 2.75) is 20.0 Å². The van der Waals surface area contributed by atoms with Gasteiger partial charge in [0.1, 0.15) is 6.61 Å². The van der Waals surface area contributed by atoms with E-state index in [0.717, 1.165) is 11.1 Å². The average molecular weight is 275 g/mol. The Kier molecular flexibility index (Phi) is 4.82. The maximum Gasteiger partial charge on any atom is 0.264 e. The molecule has 4 heteroatoms. The Morgan fingerprint density at radius 3 is 2.55 bits per heavy atom. The van der Waals surface area contributed by atoms with Crippen molar-refractivity contribution in [1.82, 2.24) is 0 Å². The summed E-state index contributed by atoms with van der Waals surface area (Å²) in [6.07, 6.45) is -1.20. The summed E-state index contributed by atoms with van der Waals surface area (Å²) < 4.78 is 25.5. The second-order valence-electron chi connectivity index (χ2n) is 4.36. The molecule has 2 aromatic rings. The van der Waals surface area contributed by atoms with Crippen LogP contribution < -0.4 is 0 Å². The van der Waals surface area contributed by atoms with Gasteiger partial charge in [-0.3, -0.25) is 0 Å². The van der Waals surface area contributed by atoms with Crippen LogP contribution in [-0.2, 0) is 11.4 Å². The van der Waals surface area contributed by atoms with Crippen LogP contribution in [0.4, 0.5) is 8.78 Å². The molecule has 2 aromatic carbocycles. The molecule has 0 aliphatic heterocycles. The standard InChI is InChI=1S/C16H15F2NO/c1-12-6-2-3-8-14(12)11-20-19-10-13-7-4-5-9-15(13)16(17)18/h2-10,16H,11H2,1H3. The largest absolute Gasteiger partial charge is 0.391 e. The molecule has 0 atom stereocenters. The van der Waals surface area contributed by atoms with Crippen LogP contribution in [0.3, 0.4) is 0 Å². The van der Waals surface area contributed by atoms with Crippen molar-refractivity contribution in [2.75, 3.05) is 0 Å². The van der Waals surface area contributed by atoms with Crippen molar-refractivity contribution >= 4 is 6.21 Å². The van der Waals surface area contributed by atoms with Gasteiger partial charge in [0.25, 0.3) is 6.43 Å². The predicted molar refractivity (Wildman–Crippen MR) is 75.0 cm³/mol. The molecule has 0 saturated carbocycles. The van der Waals surface area contributed by atoms with Crippen LogP contribution in [0.15, 0.2) is 53.7 Å². The first-order valence-electron chi connectivity index (χ1n) is 6.25. The average Bonchev–Trinajstić information content (AvgIpc) is 2.45. The fraction of sp³-hybridized carbons (Fsp3) is 0.188. The number of benzene rings is 2. The lowest BCUT2D eigenvalue weighted by atomic mass is 10.1. The highest BCUT2D eigenvalue weighted by Gasteiger charge is 2.10. The van der Waals surface area contributed by atoms with E-state index in [9.17, 15) is 8.78 Å². The third-order valence-corrected chi connectivity index (χ3v) is 2.98. The van der Waals surface area contributed by atoms with E-state index in [-0.39, 0.29) is 5.56 Å². The molecule has 0 aliphatic rings. The molecule has 0 aliphatic carbocycles. The maximum absolute atomic E-state index is 12.8. The van der Waals surface area contributed by atoms with Gasteiger partial charge in [-0.05, 0) is 18.1 Å². The molecular weight excluding hydrogens is 260 g/mol. The van der Waals surface area contributed by atoms with E-state index in [2.05, 4.69) is 5.16 Å². The van der Waals surface area contributed by atoms with Crippen molar-refractivity contribution in [3.63, 3.8) is 0 Å². The number of hydrogen-bond acceptors (Lipinski definition) is 2. The Balaban J connectivity index is 1.99. The Labute approximate surface area is 116 Å². The van der Waals surface area contributed by atoms with Gasteiger partial charge in [0.15, 0.2) is 0 Å². The van der Waals surface area contributed by atoms with Crippen molar-refractivity contribution in [1.29, 1.82) is 0 Å². The van der Waals surface area contributed by atoms with Crippen LogP contribution in [0.1, 0.15) is 28.7 Å². The van der Waals surface area contributed by atoms with Crippen LogP contribution in [-0.4, -0.2) is 6.21 Å². The molecule has 104 valence electrons. The number of alkyl halides is 2. The fourth-order valence-electron chi connectivity index (χ4n) is 1.80. The van der Waals surface area contributed by atoms with Crippen molar-refractivity contribution in [2.24, 2.45) is 5.16 Å². The second kappa shape index (κ2) is 6.80. The number of nitrogens with zero attached hydrogens (tertiary/aromatic N) is 1. The van der Waals surface area contributed by atoms with Gasteiger partial charge in [0, 0.05) is 11.1 Å². The zero-order valence-electron chi connectivity index (χ0n) is 11.1. The highest BCUT2D eigenvalue weighted by molar-refractivity contribution is 5.81. The van der Waals surface area contributed by atoms with Crippen LogP contribution in [0, 0.1) is 6.92 Å². The fourth-order valence-corrected chi connectivity index (χ4v) is 1.80. The lowest BCUT2D eigenvalue weighted by Crippen LogP contribution is -1.94. The summed E-state index contributed by atoms with van der Waals surface area (Å²) >= 11 is 0. The summed E-state index contributed by atoms with van der Waals surface area (Å²) in [6.45, 7) is 2.30. The summed E-state index contributed by atoms with van der Waals surface area (Å²) in [5.41, 5.74) is 2.45. The van der Waals surface area contributed by atoms with E-state index in [0.29, 0.717) is 12.2 Å². The molecule has 0 saturated heterocycles. The molecule has 0 radical (unpaired) electrons.